The fraction of sp³-hybridized carbons (Fsp3) is 0.545. The van der Waals surface area contributed by atoms with Gasteiger partial charge in [-0.1, -0.05) is 13.0 Å². The van der Waals surface area contributed by atoms with Gasteiger partial charge in [-0.25, -0.2) is 4.98 Å². The molecule has 0 aliphatic carbocycles. The summed E-state index contributed by atoms with van der Waals surface area (Å²) in [7, 11) is 1.63. The molecule has 1 unspecified atom stereocenters. The molecule has 1 atom stereocenters. The van der Waals surface area contributed by atoms with Crippen LogP contribution in [0.5, 0.6) is 5.88 Å². The zero-order valence-electron chi connectivity index (χ0n) is 9.49. The van der Waals surface area contributed by atoms with Gasteiger partial charge in [-0.3, -0.25) is 0 Å². The standard InChI is InChI=1S/C11H18N2OS/c1-9(15-3)6-12-7-10-4-5-11(14-2)13-8-10/h4-5,8-9,12H,6-7H2,1-3H3. The average molecular weight is 226 g/mol. The smallest absolute Gasteiger partial charge is 0.212 e. The van der Waals surface area contributed by atoms with Crippen LogP contribution in [0.25, 0.3) is 0 Å². The molecule has 1 heterocycles. The van der Waals surface area contributed by atoms with Crippen molar-refractivity contribution in [1.29, 1.82) is 0 Å². The topological polar surface area (TPSA) is 34.1 Å². The Morgan fingerprint density at radius 3 is 2.87 bits per heavy atom. The van der Waals surface area contributed by atoms with E-state index in [0.717, 1.165) is 13.1 Å². The second-order valence-corrected chi connectivity index (χ2v) is 4.66. The molecule has 1 rings (SSSR count). The summed E-state index contributed by atoms with van der Waals surface area (Å²) in [5.41, 5.74) is 1.18. The van der Waals surface area contributed by atoms with E-state index in [1.165, 1.54) is 5.56 Å². The first-order valence-corrected chi connectivity index (χ1v) is 6.27. The van der Waals surface area contributed by atoms with Gasteiger partial charge < -0.3 is 10.1 Å². The van der Waals surface area contributed by atoms with E-state index >= 15 is 0 Å². The van der Waals surface area contributed by atoms with E-state index < -0.39 is 0 Å². The van der Waals surface area contributed by atoms with Gasteiger partial charge >= 0.3 is 0 Å². The summed E-state index contributed by atoms with van der Waals surface area (Å²) in [5, 5.41) is 4.04. The minimum atomic E-state index is 0.649. The quantitative estimate of drug-likeness (QED) is 0.803. The predicted molar refractivity (Wildman–Crippen MR) is 65.5 cm³/mol. The molecule has 0 aromatic carbocycles. The first kappa shape index (κ1) is 12.3. The molecule has 84 valence electrons. The number of aromatic nitrogens is 1. The van der Waals surface area contributed by atoms with Gasteiger partial charge in [-0.05, 0) is 11.8 Å². The molecule has 0 saturated heterocycles. The molecule has 0 fully saturated rings. The van der Waals surface area contributed by atoms with Crippen LogP contribution in [0.4, 0.5) is 0 Å². The molecule has 1 aromatic heterocycles. The molecule has 4 heteroatoms. The van der Waals surface area contributed by atoms with Crippen molar-refractivity contribution in [3.63, 3.8) is 0 Å². The number of hydrogen-bond acceptors (Lipinski definition) is 4. The van der Waals surface area contributed by atoms with Crippen LogP contribution in [0.1, 0.15) is 12.5 Å². The second kappa shape index (κ2) is 6.69. The van der Waals surface area contributed by atoms with Gasteiger partial charge in [0, 0.05) is 30.6 Å². The van der Waals surface area contributed by atoms with Gasteiger partial charge in [0.25, 0.3) is 0 Å². The SMILES string of the molecule is COc1ccc(CNCC(C)SC)cn1. The van der Waals surface area contributed by atoms with Crippen LogP contribution in [-0.4, -0.2) is 30.1 Å². The maximum atomic E-state index is 4.99. The third-order valence-corrected chi connectivity index (χ3v) is 3.14. The summed E-state index contributed by atoms with van der Waals surface area (Å²) < 4.78 is 4.99. The lowest BCUT2D eigenvalue weighted by Gasteiger charge is -2.09. The van der Waals surface area contributed by atoms with E-state index in [1.807, 2.05) is 30.1 Å². The molecule has 0 aliphatic heterocycles. The molecular weight excluding hydrogens is 208 g/mol. The summed E-state index contributed by atoms with van der Waals surface area (Å²) in [4.78, 5) is 4.15. The normalized spacial score (nSPS) is 12.5. The summed E-state index contributed by atoms with van der Waals surface area (Å²) >= 11 is 1.87. The molecule has 0 bridgehead atoms. The van der Waals surface area contributed by atoms with Crippen molar-refractivity contribution in [1.82, 2.24) is 10.3 Å². The molecule has 1 aromatic rings. The van der Waals surface area contributed by atoms with E-state index in [0.29, 0.717) is 11.1 Å². The fourth-order valence-corrected chi connectivity index (χ4v) is 1.42. The Hall–Kier alpha value is -0.740. The Morgan fingerprint density at radius 2 is 2.33 bits per heavy atom. The highest BCUT2D eigenvalue weighted by atomic mass is 32.2. The summed E-state index contributed by atoms with van der Waals surface area (Å²) in [6, 6.07) is 3.91. The monoisotopic (exact) mass is 226 g/mol. The van der Waals surface area contributed by atoms with Crippen LogP contribution in [0, 0.1) is 0 Å². The fourth-order valence-electron chi connectivity index (χ4n) is 1.14. The van der Waals surface area contributed by atoms with Crippen LogP contribution in [0.2, 0.25) is 0 Å². The minimum absolute atomic E-state index is 0.649. The third-order valence-electron chi connectivity index (χ3n) is 2.17. The number of nitrogens with one attached hydrogen (secondary N) is 1. The number of hydrogen-bond donors (Lipinski definition) is 1. The largest absolute Gasteiger partial charge is 0.481 e. The van der Waals surface area contributed by atoms with Gasteiger partial charge in [0.2, 0.25) is 5.88 Å². The van der Waals surface area contributed by atoms with Gasteiger partial charge in [-0.15, -0.1) is 0 Å². The van der Waals surface area contributed by atoms with E-state index in [9.17, 15) is 0 Å². The molecule has 0 saturated carbocycles. The zero-order valence-corrected chi connectivity index (χ0v) is 10.3. The lowest BCUT2D eigenvalue weighted by atomic mass is 10.3. The van der Waals surface area contributed by atoms with Crippen LogP contribution in [0.15, 0.2) is 18.3 Å². The lowest BCUT2D eigenvalue weighted by Crippen LogP contribution is -2.22. The van der Waals surface area contributed by atoms with Gasteiger partial charge in [-0.2, -0.15) is 11.8 Å². The first-order chi connectivity index (χ1) is 7.26. The van der Waals surface area contributed by atoms with Gasteiger partial charge in [0.1, 0.15) is 0 Å². The third kappa shape index (κ3) is 4.53. The van der Waals surface area contributed by atoms with E-state index in [2.05, 4.69) is 23.5 Å². The average Bonchev–Trinajstić information content (AvgIpc) is 2.29. The van der Waals surface area contributed by atoms with Crippen molar-refractivity contribution in [3.8, 4) is 5.88 Å². The molecular formula is C11H18N2OS. The number of pyridine rings is 1. The van der Waals surface area contributed by atoms with Gasteiger partial charge in [0.05, 0.1) is 7.11 Å². The minimum Gasteiger partial charge on any atom is -0.481 e. The highest BCUT2D eigenvalue weighted by Crippen LogP contribution is 2.07. The summed E-state index contributed by atoms with van der Waals surface area (Å²) in [5.74, 6) is 0.663. The van der Waals surface area contributed by atoms with Crippen molar-refractivity contribution in [2.75, 3.05) is 19.9 Å². The van der Waals surface area contributed by atoms with E-state index in [-0.39, 0.29) is 0 Å². The molecule has 0 aliphatic rings. The number of nitrogens with zero attached hydrogens (tertiary/aromatic N) is 1. The number of thioether (sulfide) groups is 1. The maximum Gasteiger partial charge on any atom is 0.212 e. The summed E-state index contributed by atoms with van der Waals surface area (Å²) in [6.45, 7) is 4.10. The lowest BCUT2D eigenvalue weighted by molar-refractivity contribution is 0.397. The van der Waals surface area contributed by atoms with Crippen LogP contribution in [0.3, 0.4) is 0 Å². The molecule has 1 N–H and O–H groups in total. The second-order valence-electron chi connectivity index (χ2n) is 3.39. The highest BCUT2D eigenvalue weighted by Gasteiger charge is 1.99. The Morgan fingerprint density at radius 1 is 1.53 bits per heavy atom. The van der Waals surface area contributed by atoms with Crippen LogP contribution in [-0.2, 0) is 6.54 Å². The van der Waals surface area contributed by atoms with Crippen molar-refractivity contribution in [2.24, 2.45) is 0 Å². The maximum absolute atomic E-state index is 4.99. The number of rotatable bonds is 6. The molecule has 0 radical (unpaired) electrons. The molecule has 0 spiro atoms. The van der Waals surface area contributed by atoms with E-state index in [1.54, 1.807) is 7.11 Å². The van der Waals surface area contributed by atoms with Crippen molar-refractivity contribution < 1.29 is 4.74 Å². The Kier molecular flexibility index (Phi) is 5.50. The molecule has 0 amide bonds. The van der Waals surface area contributed by atoms with Crippen molar-refractivity contribution in [2.45, 2.75) is 18.7 Å². The predicted octanol–water partition coefficient (Wildman–Crippen LogP) is 1.93. The van der Waals surface area contributed by atoms with Crippen LogP contribution < -0.4 is 10.1 Å². The van der Waals surface area contributed by atoms with Gasteiger partial charge in [0.15, 0.2) is 0 Å². The Labute approximate surface area is 95.6 Å². The molecule has 3 nitrogen and oxygen atoms in total. The van der Waals surface area contributed by atoms with Crippen LogP contribution >= 0.6 is 11.8 Å². The highest BCUT2D eigenvalue weighted by molar-refractivity contribution is 7.99. The molecule has 15 heavy (non-hydrogen) atoms. The van der Waals surface area contributed by atoms with Crippen molar-refractivity contribution >= 4 is 11.8 Å². The Bertz CT molecular complexity index is 276. The Balaban J connectivity index is 2.31. The van der Waals surface area contributed by atoms with E-state index in [4.69, 9.17) is 4.74 Å². The van der Waals surface area contributed by atoms with Crippen molar-refractivity contribution in [3.05, 3.63) is 23.9 Å². The number of ether oxygens (including phenoxy) is 1. The first-order valence-electron chi connectivity index (χ1n) is 4.98. The zero-order chi connectivity index (χ0) is 11.1. The summed E-state index contributed by atoms with van der Waals surface area (Å²) in [6.07, 6.45) is 3.97. The number of methoxy groups -OCH3 is 1.